The van der Waals surface area contributed by atoms with E-state index in [9.17, 15) is 14.3 Å². The number of benzene rings is 1. The summed E-state index contributed by atoms with van der Waals surface area (Å²) in [6.07, 6.45) is 1.74. The summed E-state index contributed by atoms with van der Waals surface area (Å²) >= 11 is 5.99. The monoisotopic (exact) mass is 257 g/mol. The van der Waals surface area contributed by atoms with Crippen molar-refractivity contribution < 1.29 is 14.3 Å². The van der Waals surface area contributed by atoms with Gasteiger partial charge in [0.15, 0.2) is 0 Å². The van der Waals surface area contributed by atoms with Crippen molar-refractivity contribution in [1.29, 1.82) is 0 Å². The molecule has 0 spiro atoms. The van der Waals surface area contributed by atoms with Crippen molar-refractivity contribution in [2.24, 2.45) is 0 Å². The van der Waals surface area contributed by atoms with Gasteiger partial charge >= 0.3 is 0 Å². The number of hydrogen-bond donors (Lipinski definition) is 1. The molecule has 0 bridgehead atoms. The van der Waals surface area contributed by atoms with Crippen LogP contribution in [-0.4, -0.2) is 34.4 Å². The van der Waals surface area contributed by atoms with Crippen molar-refractivity contribution >= 4 is 17.5 Å². The normalized spacial score (nSPS) is 20.4. The SMILES string of the molecule is O=C(c1ccc(F)cc1O)N1CCCC(Cl)C1. The van der Waals surface area contributed by atoms with Crippen molar-refractivity contribution in [3.05, 3.63) is 29.6 Å². The number of carbonyl (C=O) groups excluding carboxylic acids is 1. The molecule has 0 aromatic heterocycles. The first-order valence-corrected chi connectivity index (χ1v) is 5.93. The van der Waals surface area contributed by atoms with Gasteiger partial charge in [0.25, 0.3) is 5.91 Å². The molecule has 1 aliphatic rings. The summed E-state index contributed by atoms with van der Waals surface area (Å²) in [6.45, 7) is 1.09. The average molecular weight is 258 g/mol. The predicted molar refractivity (Wildman–Crippen MR) is 62.8 cm³/mol. The molecular formula is C12H13ClFNO2. The minimum atomic E-state index is -0.562. The molecule has 1 aromatic rings. The molecule has 1 amide bonds. The van der Waals surface area contributed by atoms with E-state index in [4.69, 9.17) is 11.6 Å². The van der Waals surface area contributed by atoms with Crippen LogP contribution in [0.4, 0.5) is 4.39 Å². The average Bonchev–Trinajstić information content (AvgIpc) is 2.28. The Balaban J connectivity index is 2.18. The molecule has 1 atom stereocenters. The van der Waals surface area contributed by atoms with Crippen molar-refractivity contribution in [2.45, 2.75) is 18.2 Å². The number of likely N-dealkylation sites (tertiary alicyclic amines) is 1. The molecule has 0 saturated carbocycles. The minimum Gasteiger partial charge on any atom is -0.507 e. The van der Waals surface area contributed by atoms with Crippen LogP contribution in [0.3, 0.4) is 0 Å². The second-order valence-corrected chi connectivity index (χ2v) is 4.77. The van der Waals surface area contributed by atoms with Gasteiger partial charge in [0, 0.05) is 19.2 Å². The number of amides is 1. The summed E-state index contributed by atoms with van der Waals surface area (Å²) in [5.74, 6) is -1.19. The maximum atomic E-state index is 12.8. The van der Waals surface area contributed by atoms with Crippen LogP contribution in [0.2, 0.25) is 0 Å². The van der Waals surface area contributed by atoms with Crippen molar-refractivity contribution in [2.75, 3.05) is 13.1 Å². The third kappa shape index (κ3) is 2.69. The zero-order valence-electron chi connectivity index (χ0n) is 9.20. The number of nitrogens with zero attached hydrogens (tertiary/aromatic N) is 1. The van der Waals surface area contributed by atoms with Gasteiger partial charge in [-0.3, -0.25) is 4.79 Å². The van der Waals surface area contributed by atoms with Gasteiger partial charge in [-0.05, 0) is 25.0 Å². The lowest BCUT2D eigenvalue weighted by Gasteiger charge is -2.30. The quantitative estimate of drug-likeness (QED) is 0.785. The van der Waals surface area contributed by atoms with Crippen LogP contribution in [0.5, 0.6) is 5.75 Å². The van der Waals surface area contributed by atoms with E-state index < -0.39 is 5.82 Å². The van der Waals surface area contributed by atoms with Gasteiger partial charge in [-0.25, -0.2) is 4.39 Å². The third-order valence-corrected chi connectivity index (χ3v) is 3.20. The molecule has 5 heteroatoms. The van der Waals surface area contributed by atoms with Crippen molar-refractivity contribution in [3.8, 4) is 5.75 Å². The molecule has 92 valence electrons. The second-order valence-electron chi connectivity index (χ2n) is 4.15. The number of halogens is 2. The second kappa shape index (κ2) is 4.92. The van der Waals surface area contributed by atoms with Crippen LogP contribution < -0.4 is 0 Å². The van der Waals surface area contributed by atoms with Crippen LogP contribution >= 0.6 is 11.6 Å². The highest BCUT2D eigenvalue weighted by molar-refractivity contribution is 6.21. The smallest absolute Gasteiger partial charge is 0.257 e. The number of alkyl halides is 1. The van der Waals surface area contributed by atoms with Gasteiger partial charge in [0.05, 0.1) is 10.9 Å². The zero-order valence-corrected chi connectivity index (χ0v) is 9.95. The first kappa shape index (κ1) is 12.2. The number of hydrogen-bond acceptors (Lipinski definition) is 2. The van der Waals surface area contributed by atoms with Crippen LogP contribution in [0.25, 0.3) is 0 Å². The summed E-state index contributed by atoms with van der Waals surface area (Å²) in [5, 5.41) is 9.49. The molecule has 0 aliphatic carbocycles. The largest absolute Gasteiger partial charge is 0.507 e. The Morgan fingerprint density at radius 3 is 2.94 bits per heavy atom. The maximum absolute atomic E-state index is 12.8. The lowest BCUT2D eigenvalue weighted by atomic mass is 10.1. The van der Waals surface area contributed by atoms with Gasteiger partial charge in [-0.15, -0.1) is 11.6 Å². The Labute approximate surface area is 104 Å². The molecule has 1 aromatic carbocycles. The Bertz CT molecular complexity index is 439. The Morgan fingerprint density at radius 2 is 2.29 bits per heavy atom. The Morgan fingerprint density at radius 1 is 1.53 bits per heavy atom. The Hall–Kier alpha value is -1.29. The fraction of sp³-hybridized carbons (Fsp3) is 0.417. The van der Waals surface area contributed by atoms with E-state index in [0.29, 0.717) is 13.1 Å². The zero-order chi connectivity index (χ0) is 12.4. The van der Waals surface area contributed by atoms with E-state index in [1.54, 1.807) is 4.90 Å². The predicted octanol–water partition coefficient (Wildman–Crippen LogP) is 2.37. The highest BCUT2D eigenvalue weighted by Gasteiger charge is 2.24. The fourth-order valence-corrected chi connectivity index (χ4v) is 2.29. The molecular weight excluding hydrogens is 245 g/mol. The summed E-state index contributed by atoms with van der Waals surface area (Å²) in [4.78, 5) is 13.7. The van der Waals surface area contributed by atoms with Crippen LogP contribution in [-0.2, 0) is 0 Å². The molecule has 17 heavy (non-hydrogen) atoms. The number of phenols is 1. The summed E-state index contributed by atoms with van der Waals surface area (Å²) < 4.78 is 12.8. The summed E-state index contributed by atoms with van der Waals surface area (Å²) in [7, 11) is 0. The lowest BCUT2D eigenvalue weighted by Crippen LogP contribution is -2.40. The maximum Gasteiger partial charge on any atom is 0.257 e. The molecule has 3 nitrogen and oxygen atoms in total. The molecule has 1 unspecified atom stereocenters. The number of aromatic hydroxyl groups is 1. The number of rotatable bonds is 1. The fourth-order valence-electron chi connectivity index (χ4n) is 1.97. The number of carbonyl (C=O) groups is 1. The highest BCUT2D eigenvalue weighted by Crippen LogP contribution is 2.23. The molecule has 1 saturated heterocycles. The molecule has 2 rings (SSSR count). The summed E-state index contributed by atoms with van der Waals surface area (Å²) in [5.41, 5.74) is 0.122. The van der Waals surface area contributed by atoms with E-state index in [1.807, 2.05) is 0 Å². The molecule has 0 radical (unpaired) electrons. The topological polar surface area (TPSA) is 40.5 Å². The third-order valence-electron chi connectivity index (χ3n) is 2.84. The molecule has 1 fully saturated rings. The van der Waals surface area contributed by atoms with Crippen molar-refractivity contribution in [3.63, 3.8) is 0 Å². The molecule has 1 heterocycles. The van der Waals surface area contributed by atoms with E-state index >= 15 is 0 Å². The first-order chi connectivity index (χ1) is 8.08. The van der Waals surface area contributed by atoms with Gasteiger partial charge in [0.2, 0.25) is 0 Å². The first-order valence-electron chi connectivity index (χ1n) is 5.50. The van der Waals surface area contributed by atoms with E-state index in [2.05, 4.69) is 0 Å². The van der Waals surface area contributed by atoms with E-state index in [1.165, 1.54) is 6.07 Å². The molecule has 1 N–H and O–H groups in total. The summed E-state index contributed by atoms with van der Waals surface area (Å²) in [6, 6.07) is 3.40. The van der Waals surface area contributed by atoms with E-state index in [-0.39, 0.29) is 22.6 Å². The van der Waals surface area contributed by atoms with Gasteiger partial charge < -0.3 is 10.0 Å². The Kier molecular flexibility index (Phi) is 3.52. The van der Waals surface area contributed by atoms with Crippen LogP contribution in [0.15, 0.2) is 18.2 Å². The minimum absolute atomic E-state index is 0.0460. The number of phenolic OH excluding ortho intramolecular Hbond substituents is 1. The lowest BCUT2D eigenvalue weighted by molar-refractivity contribution is 0.0724. The number of piperidine rings is 1. The van der Waals surface area contributed by atoms with Crippen LogP contribution in [0.1, 0.15) is 23.2 Å². The standard InChI is InChI=1S/C12H13ClFNO2/c13-8-2-1-5-15(7-8)12(17)10-4-3-9(14)6-11(10)16/h3-4,6,8,16H,1-2,5,7H2. The van der Waals surface area contributed by atoms with Crippen molar-refractivity contribution in [1.82, 2.24) is 4.90 Å². The van der Waals surface area contributed by atoms with Gasteiger partial charge in [-0.1, -0.05) is 0 Å². The highest BCUT2D eigenvalue weighted by atomic mass is 35.5. The van der Waals surface area contributed by atoms with Gasteiger partial charge in [-0.2, -0.15) is 0 Å². The molecule has 1 aliphatic heterocycles. The van der Waals surface area contributed by atoms with Crippen LogP contribution in [0, 0.1) is 5.82 Å². The van der Waals surface area contributed by atoms with E-state index in [0.717, 1.165) is 25.0 Å². The van der Waals surface area contributed by atoms with Gasteiger partial charge in [0.1, 0.15) is 11.6 Å².